The molecule has 3 aromatic heterocycles. The lowest BCUT2D eigenvalue weighted by atomic mass is 10.3. The average molecular weight is 413 g/mol. The summed E-state index contributed by atoms with van der Waals surface area (Å²) in [6.07, 6.45) is 3.16. The molecule has 4 rings (SSSR count). The van der Waals surface area contributed by atoms with Gasteiger partial charge in [0.25, 0.3) is 0 Å². The van der Waals surface area contributed by atoms with Crippen LogP contribution in [0, 0.1) is 5.82 Å². The number of benzene rings is 1. The van der Waals surface area contributed by atoms with E-state index in [1.165, 1.54) is 23.1 Å². The van der Waals surface area contributed by atoms with Gasteiger partial charge in [0.15, 0.2) is 0 Å². The van der Waals surface area contributed by atoms with Gasteiger partial charge in [-0.05, 0) is 45.4 Å². The topological polar surface area (TPSA) is 78.6 Å². The minimum Gasteiger partial charge on any atom is -0.456 e. The summed E-state index contributed by atoms with van der Waals surface area (Å²) < 4.78 is 20.3. The summed E-state index contributed by atoms with van der Waals surface area (Å²) in [7, 11) is 0. The van der Waals surface area contributed by atoms with Crippen LogP contribution < -0.4 is 4.74 Å². The van der Waals surface area contributed by atoms with Crippen molar-refractivity contribution in [1.82, 2.24) is 30.2 Å². The number of aromatic nitrogens is 6. The van der Waals surface area contributed by atoms with Crippen LogP contribution in [-0.2, 0) is 0 Å². The van der Waals surface area contributed by atoms with Crippen molar-refractivity contribution in [2.75, 3.05) is 0 Å². The minimum absolute atomic E-state index is 0.299. The quantitative estimate of drug-likeness (QED) is 0.474. The highest BCUT2D eigenvalue weighted by Crippen LogP contribution is 2.24. The van der Waals surface area contributed by atoms with E-state index in [9.17, 15) is 4.39 Å². The van der Waals surface area contributed by atoms with Gasteiger partial charge >= 0.3 is 0 Å². The van der Waals surface area contributed by atoms with Gasteiger partial charge in [0.1, 0.15) is 27.6 Å². The Morgan fingerprint density at radius 2 is 1.96 bits per heavy atom. The van der Waals surface area contributed by atoms with E-state index in [2.05, 4.69) is 41.3 Å². The van der Waals surface area contributed by atoms with Crippen molar-refractivity contribution in [2.24, 2.45) is 0 Å². The van der Waals surface area contributed by atoms with Gasteiger partial charge in [-0.15, -0.1) is 15.0 Å². The molecule has 0 N–H and O–H groups in total. The average Bonchev–Trinajstić information content (AvgIpc) is 3.12. The predicted molar refractivity (Wildman–Crippen MR) is 94.4 cm³/mol. The van der Waals surface area contributed by atoms with Gasteiger partial charge in [-0.25, -0.2) is 9.37 Å². The molecule has 128 valence electrons. The van der Waals surface area contributed by atoms with Crippen LogP contribution in [0.2, 0.25) is 0 Å². The molecule has 0 saturated heterocycles. The second-order valence-electron chi connectivity index (χ2n) is 5.18. The monoisotopic (exact) mass is 412 g/mol. The van der Waals surface area contributed by atoms with E-state index in [1.807, 2.05) is 6.07 Å². The number of hydrogen-bond donors (Lipinski definition) is 0. The van der Waals surface area contributed by atoms with Gasteiger partial charge in [0.2, 0.25) is 5.82 Å². The van der Waals surface area contributed by atoms with Gasteiger partial charge < -0.3 is 4.74 Å². The van der Waals surface area contributed by atoms with Crippen molar-refractivity contribution >= 4 is 15.9 Å². The smallest absolute Gasteiger partial charge is 0.223 e. The van der Waals surface area contributed by atoms with E-state index in [-0.39, 0.29) is 0 Å². The molecule has 0 unspecified atom stereocenters. The van der Waals surface area contributed by atoms with Gasteiger partial charge in [0.05, 0.1) is 11.9 Å². The van der Waals surface area contributed by atoms with Crippen LogP contribution in [-0.4, -0.2) is 30.2 Å². The Morgan fingerprint density at radius 3 is 2.77 bits per heavy atom. The van der Waals surface area contributed by atoms with Gasteiger partial charge in [0, 0.05) is 24.4 Å². The highest BCUT2D eigenvalue weighted by atomic mass is 79.9. The Morgan fingerprint density at radius 1 is 1.04 bits per heavy atom. The third-order valence-electron chi connectivity index (χ3n) is 3.31. The number of pyridine rings is 2. The maximum atomic E-state index is 14.0. The largest absolute Gasteiger partial charge is 0.456 e. The Hall–Kier alpha value is -3.20. The molecule has 7 nitrogen and oxygen atoms in total. The maximum absolute atomic E-state index is 14.0. The lowest BCUT2D eigenvalue weighted by Crippen LogP contribution is -2.00. The van der Waals surface area contributed by atoms with Crippen molar-refractivity contribution < 1.29 is 9.13 Å². The molecule has 0 radical (unpaired) electrons. The molecule has 0 amide bonds. The number of halogens is 2. The zero-order valence-electron chi connectivity index (χ0n) is 13.1. The first-order valence-electron chi connectivity index (χ1n) is 7.49. The van der Waals surface area contributed by atoms with Gasteiger partial charge in [-0.1, -0.05) is 6.07 Å². The highest BCUT2D eigenvalue weighted by Gasteiger charge is 2.11. The van der Waals surface area contributed by atoms with E-state index in [0.29, 0.717) is 33.3 Å². The molecule has 0 aliphatic rings. The molecule has 0 spiro atoms. The van der Waals surface area contributed by atoms with Crippen molar-refractivity contribution in [2.45, 2.75) is 0 Å². The molecule has 26 heavy (non-hydrogen) atoms. The molecule has 0 atom stereocenters. The summed E-state index contributed by atoms with van der Waals surface area (Å²) in [6, 6.07) is 13.0. The molecule has 0 aliphatic carbocycles. The number of ether oxygens (including phenoxy) is 1. The van der Waals surface area contributed by atoms with Crippen molar-refractivity contribution in [3.63, 3.8) is 0 Å². The van der Waals surface area contributed by atoms with Crippen LogP contribution in [0.4, 0.5) is 4.39 Å². The van der Waals surface area contributed by atoms with E-state index in [1.54, 1.807) is 36.5 Å². The molecule has 0 saturated carbocycles. The molecule has 9 heteroatoms. The summed E-state index contributed by atoms with van der Waals surface area (Å²) in [5.74, 6) is 0.633. The minimum atomic E-state index is -0.485. The Kier molecular flexibility index (Phi) is 4.36. The summed E-state index contributed by atoms with van der Waals surface area (Å²) in [4.78, 5) is 9.45. The van der Waals surface area contributed by atoms with Crippen LogP contribution >= 0.6 is 15.9 Å². The molecular formula is C17H10BrFN6O. The van der Waals surface area contributed by atoms with Crippen molar-refractivity contribution in [1.29, 1.82) is 0 Å². The van der Waals surface area contributed by atoms with Crippen molar-refractivity contribution in [3.05, 3.63) is 71.3 Å². The Balaban J connectivity index is 1.66. The third kappa shape index (κ3) is 3.57. The first-order valence-corrected chi connectivity index (χ1v) is 8.28. The fourth-order valence-corrected chi connectivity index (χ4v) is 2.57. The molecular weight excluding hydrogens is 403 g/mol. The Labute approximate surface area is 155 Å². The summed E-state index contributed by atoms with van der Waals surface area (Å²) in [5, 5.41) is 12.2. The molecule has 4 aromatic rings. The second kappa shape index (κ2) is 6.96. The van der Waals surface area contributed by atoms with E-state index in [4.69, 9.17) is 4.74 Å². The van der Waals surface area contributed by atoms with E-state index in [0.717, 1.165) is 0 Å². The highest BCUT2D eigenvalue weighted by molar-refractivity contribution is 9.10. The number of nitrogens with zero attached hydrogens (tertiary/aromatic N) is 6. The van der Waals surface area contributed by atoms with Crippen LogP contribution in [0.5, 0.6) is 11.5 Å². The summed E-state index contributed by atoms with van der Waals surface area (Å²) in [6.45, 7) is 0. The van der Waals surface area contributed by atoms with E-state index < -0.39 is 5.82 Å². The second-order valence-corrected chi connectivity index (χ2v) is 6.00. The predicted octanol–water partition coefficient (Wildman–Crippen LogP) is 3.81. The lowest BCUT2D eigenvalue weighted by Gasteiger charge is -2.07. The first kappa shape index (κ1) is 16.3. The lowest BCUT2D eigenvalue weighted by molar-refractivity contribution is 0.473. The zero-order valence-corrected chi connectivity index (χ0v) is 14.7. The normalized spacial score (nSPS) is 10.7. The van der Waals surface area contributed by atoms with E-state index >= 15 is 0 Å². The Bertz CT molecular complexity index is 1060. The number of tetrazole rings is 1. The fraction of sp³-hybridized carbons (Fsp3) is 0. The van der Waals surface area contributed by atoms with Crippen LogP contribution in [0.3, 0.4) is 0 Å². The summed E-state index contributed by atoms with van der Waals surface area (Å²) in [5.41, 5.74) is 0.923. The van der Waals surface area contributed by atoms with Gasteiger partial charge in [-0.2, -0.15) is 0 Å². The number of hydrogen-bond acceptors (Lipinski definition) is 6. The third-order valence-corrected chi connectivity index (χ3v) is 3.76. The maximum Gasteiger partial charge on any atom is 0.223 e. The SMILES string of the molecule is Fc1cc(Oc2cccnc2)cc(-n2nnc(-c3cccc(Br)n3)n2)c1. The van der Waals surface area contributed by atoms with Crippen LogP contribution in [0.1, 0.15) is 0 Å². The molecule has 3 heterocycles. The fourth-order valence-electron chi connectivity index (χ4n) is 2.22. The molecule has 1 aromatic carbocycles. The standard InChI is InChI=1S/C17H10BrFN6O/c18-16-5-1-4-15(21-16)17-22-24-25(23-17)12-7-11(19)8-14(9-12)26-13-3-2-6-20-10-13/h1-10H. The molecule has 0 aliphatic heterocycles. The van der Waals surface area contributed by atoms with Crippen molar-refractivity contribution in [3.8, 4) is 28.7 Å². The van der Waals surface area contributed by atoms with Crippen LogP contribution in [0.15, 0.2) is 65.5 Å². The zero-order chi connectivity index (χ0) is 17.9. The van der Waals surface area contributed by atoms with Gasteiger partial charge in [-0.3, -0.25) is 4.98 Å². The summed E-state index contributed by atoms with van der Waals surface area (Å²) >= 11 is 3.30. The van der Waals surface area contributed by atoms with Crippen LogP contribution in [0.25, 0.3) is 17.2 Å². The molecule has 0 fully saturated rings. The number of rotatable bonds is 4. The molecule has 0 bridgehead atoms. The first-order chi connectivity index (χ1) is 12.7.